The predicted molar refractivity (Wildman–Crippen MR) is 225 cm³/mol. The number of hydrogen-bond acceptors (Lipinski definition) is 13. The molecule has 60 heavy (non-hydrogen) atoms. The fourth-order valence-electron chi connectivity index (χ4n) is 7.70. The van der Waals surface area contributed by atoms with Gasteiger partial charge in [-0.25, -0.2) is 4.98 Å². The average Bonchev–Trinajstić information content (AvgIpc) is 3.24. The third-order valence-corrected chi connectivity index (χ3v) is 11.9. The molecule has 2 amide bonds. The number of nitrogens with two attached hydrogens (primary N) is 1. The smallest absolute Gasteiger partial charge is 0.434 e. The van der Waals surface area contributed by atoms with Gasteiger partial charge in [0.1, 0.15) is 41.4 Å². The number of amides is 2. The number of aromatic nitrogens is 2. The van der Waals surface area contributed by atoms with E-state index in [2.05, 4.69) is 64.4 Å². The molecule has 0 aliphatic carbocycles. The van der Waals surface area contributed by atoms with Gasteiger partial charge in [0, 0.05) is 38.1 Å². The van der Waals surface area contributed by atoms with Gasteiger partial charge in [0.15, 0.2) is 5.69 Å². The molecule has 2 aromatic carbocycles. The molecule has 0 bridgehead atoms. The molecule has 328 valence electrons. The van der Waals surface area contributed by atoms with Gasteiger partial charge < -0.3 is 51.0 Å². The highest BCUT2D eigenvalue weighted by atomic mass is 127. The fourth-order valence-corrected chi connectivity index (χ4v) is 8.39. The minimum Gasteiger partial charge on any atom is -0.494 e. The molecule has 0 saturated carbocycles. The Morgan fingerprint density at radius 3 is 2.40 bits per heavy atom. The Labute approximate surface area is 361 Å². The van der Waals surface area contributed by atoms with E-state index in [0.717, 1.165) is 72.5 Å². The number of halogens is 4. The lowest BCUT2D eigenvalue weighted by atomic mass is 9.92. The lowest BCUT2D eigenvalue weighted by Crippen LogP contribution is -2.58. The van der Waals surface area contributed by atoms with Crippen LogP contribution in [0.2, 0.25) is 0 Å². The van der Waals surface area contributed by atoms with Crippen molar-refractivity contribution in [3.63, 3.8) is 0 Å². The van der Waals surface area contributed by atoms with Crippen LogP contribution in [0.1, 0.15) is 43.4 Å². The standard InChI is InChI=1S/C41H54F3IN8O7/c42-41(43,44)35-22-47-23-36(51-35)50-32-25-59-34(39(56)38(32)55)21-49-40(57)27-9-17-53(18-10-27)28-11-15-52(16-12-28)24-37(54)48-14-1-19-58-29-3-5-30(6-4-29)60-33-7-2-26(8-13-46)20-31(33)45/h2-7,20,22-23,27-28,32,34,38-39,55-56H,1,8-19,21,24-25,46H2,(H,48,54)(H,49,57)(H,50,51)/t32-,34+,38+,39-/m0/s1. The number of anilines is 1. The second-order valence-electron chi connectivity index (χ2n) is 15.4. The first-order chi connectivity index (χ1) is 28.9. The van der Waals surface area contributed by atoms with E-state index in [1.54, 1.807) is 0 Å². The number of alkyl halides is 3. The number of nitrogens with zero attached hydrogens (tertiary/aromatic N) is 4. The fraction of sp³-hybridized carbons (Fsp3) is 0.561. The van der Waals surface area contributed by atoms with Crippen molar-refractivity contribution in [3.05, 3.63) is 69.7 Å². The van der Waals surface area contributed by atoms with E-state index >= 15 is 0 Å². The Balaban J connectivity index is 0.804. The molecular formula is C41H54F3IN8O7. The Bertz CT molecular complexity index is 1850. The van der Waals surface area contributed by atoms with E-state index in [-0.39, 0.29) is 36.7 Å². The molecular weight excluding hydrogens is 900 g/mol. The molecule has 1 aromatic heterocycles. The van der Waals surface area contributed by atoms with E-state index in [4.69, 9.17) is 19.9 Å². The molecule has 3 aliphatic rings. The molecule has 4 heterocycles. The highest BCUT2D eigenvalue weighted by molar-refractivity contribution is 14.1. The molecule has 3 aromatic rings. The summed E-state index contributed by atoms with van der Waals surface area (Å²) in [6, 6.07) is 13.0. The number of benzene rings is 2. The van der Waals surface area contributed by atoms with Gasteiger partial charge in [-0.15, -0.1) is 0 Å². The van der Waals surface area contributed by atoms with Crippen molar-refractivity contribution in [2.24, 2.45) is 11.7 Å². The molecule has 3 aliphatic heterocycles. The van der Waals surface area contributed by atoms with Crippen LogP contribution in [0, 0.1) is 9.49 Å². The van der Waals surface area contributed by atoms with Crippen LogP contribution in [-0.2, 0) is 26.9 Å². The molecule has 7 N–H and O–H groups in total. The summed E-state index contributed by atoms with van der Waals surface area (Å²) in [5.74, 6) is 1.67. The molecule has 3 saturated heterocycles. The Morgan fingerprint density at radius 1 is 0.967 bits per heavy atom. The van der Waals surface area contributed by atoms with Gasteiger partial charge in [0.05, 0.1) is 41.8 Å². The maximum Gasteiger partial charge on any atom is 0.434 e. The average molecular weight is 955 g/mol. The molecule has 0 unspecified atom stereocenters. The molecule has 3 fully saturated rings. The summed E-state index contributed by atoms with van der Waals surface area (Å²) in [6.07, 6.45) is -1.92. The predicted octanol–water partition coefficient (Wildman–Crippen LogP) is 3.17. The highest BCUT2D eigenvalue weighted by Gasteiger charge is 2.40. The first-order valence-electron chi connectivity index (χ1n) is 20.4. The number of hydrogen-bond donors (Lipinski definition) is 6. The van der Waals surface area contributed by atoms with Gasteiger partial charge >= 0.3 is 6.18 Å². The third-order valence-electron chi connectivity index (χ3n) is 11.1. The van der Waals surface area contributed by atoms with Crippen molar-refractivity contribution < 1.29 is 47.2 Å². The molecule has 6 rings (SSSR count). The van der Waals surface area contributed by atoms with Crippen molar-refractivity contribution in [1.29, 1.82) is 0 Å². The van der Waals surface area contributed by atoms with Gasteiger partial charge in [0.25, 0.3) is 0 Å². The van der Waals surface area contributed by atoms with E-state index in [1.165, 1.54) is 5.56 Å². The minimum atomic E-state index is -4.68. The number of carbonyl (C=O) groups excluding carboxylic acids is 2. The maximum absolute atomic E-state index is 13.0. The van der Waals surface area contributed by atoms with E-state index in [1.807, 2.05) is 36.4 Å². The van der Waals surface area contributed by atoms with Crippen LogP contribution >= 0.6 is 22.6 Å². The Hall–Kier alpha value is -3.86. The van der Waals surface area contributed by atoms with E-state index < -0.39 is 36.2 Å². The zero-order valence-corrected chi connectivity index (χ0v) is 35.4. The van der Waals surface area contributed by atoms with Crippen LogP contribution in [0.25, 0.3) is 0 Å². The van der Waals surface area contributed by atoms with Gasteiger partial charge in [-0.2, -0.15) is 13.2 Å². The van der Waals surface area contributed by atoms with Crippen LogP contribution in [0.3, 0.4) is 0 Å². The zero-order valence-electron chi connectivity index (χ0n) is 33.3. The molecule has 0 spiro atoms. The van der Waals surface area contributed by atoms with Crippen molar-refractivity contribution in [3.8, 4) is 17.2 Å². The topological polar surface area (TPSA) is 197 Å². The van der Waals surface area contributed by atoms with Crippen LogP contribution in [-0.4, -0.2) is 138 Å². The van der Waals surface area contributed by atoms with E-state index in [9.17, 15) is 33.0 Å². The monoisotopic (exact) mass is 954 g/mol. The Morgan fingerprint density at radius 2 is 1.70 bits per heavy atom. The quantitative estimate of drug-likeness (QED) is 0.0854. The first-order valence-corrected chi connectivity index (χ1v) is 21.5. The number of piperidine rings is 2. The number of rotatable bonds is 17. The van der Waals surface area contributed by atoms with Crippen LogP contribution < -0.4 is 31.2 Å². The lowest BCUT2D eigenvalue weighted by Gasteiger charge is -2.41. The van der Waals surface area contributed by atoms with Gasteiger partial charge in [0.2, 0.25) is 11.8 Å². The van der Waals surface area contributed by atoms with Gasteiger partial charge in [-0.05, 0) is 123 Å². The number of nitrogens with one attached hydrogen (secondary N) is 3. The molecule has 19 heteroatoms. The summed E-state index contributed by atoms with van der Waals surface area (Å²) in [5.41, 5.74) is 5.65. The first kappa shape index (κ1) is 45.7. The van der Waals surface area contributed by atoms with Gasteiger partial charge in [-0.3, -0.25) is 19.5 Å². The number of carbonyl (C=O) groups is 2. The van der Waals surface area contributed by atoms with Crippen molar-refractivity contribution in [2.45, 2.75) is 75.1 Å². The second kappa shape index (κ2) is 21.8. The largest absolute Gasteiger partial charge is 0.494 e. The maximum atomic E-state index is 13.0. The molecule has 15 nitrogen and oxygen atoms in total. The Kier molecular flexibility index (Phi) is 16.6. The molecule has 4 atom stereocenters. The summed E-state index contributed by atoms with van der Waals surface area (Å²) in [4.78, 5) is 37.3. The zero-order chi connectivity index (χ0) is 42.6. The van der Waals surface area contributed by atoms with E-state index in [0.29, 0.717) is 57.7 Å². The van der Waals surface area contributed by atoms with Crippen LogP contribution in [0.4, 0.5) is 19.0 Å². The number of aliphatic hydroxyl groups is 2. The summed E-state index contributed by atoms with van der Waals surface area (Å²) >= 11 is 2.26. The summed E-state index contributed by atoms with van der Waals surface area (Å²) in [7, 11) is 0. The number of likely N-dealkylation sites (tertiary alicyclic amines) is 2. The SMILES string of the molecule is NCCc1ccc(Oc2ccc(OCCCNC(=O)CN3CCC(N4CCC(C(=O)NC[C@H]5OC[C@H](Nc6cncc(C(F)(F)F)n6)[C@@H](O)[C@H]5O)CC4)CC3)cc2)c(I)c1. The van der Waals surface area contributed by atoms with Crippen LogP contribution in [0.5, 0.6) is 17.2 Å². The number of aliphatic hydroxyl groups excluding tert-OH is 2. The van der Waals surface area contributed by atoms with Crippen molar-refractivity contribution in [1.82, 2.24) is 30.4 Å². The normalized spacial score (nSPS) is 22.2. The highest BCUT2D eigenvalue weighted by Crippen LogP contribution is 2.30. The number of ether oxygens (including phenoxy) is 3. The van der Waals surface area contributed by atoms with Crippen LogP contribution in [0.15, 0.2) is 54.9 Å². The lowest BCUT2D eigenvalue weighted by molar-refractivity contribution is -0.144. The molecule has 0 radical (unpaired) electrons. The second-order valence-corrected chi connectivity index (χ2v) is 16.5. The summed E-state index contributed by atoms with van der Waals surface area (Å²) in [5, 5.41) is 29.8. The van der Waals surface area contributed by atoms with Crippen molar-refractivity contribution >= 4 is 40.2 Å². The minimum absolute atomic E-state index is 0.00500. The summed E-state index contributed by atoms with van der Waals surface area (Å²) in [6.45, 7) is 4.99. The van der Waals surface area contributed by atoms with Gasteiger partial charge in [-0.1, -0.05) is 6.07 Å². The van der Waals surface area contributed by atoms with Crippen molar-refractivity contribution in [2.75, 3.05) is 70.9 Å². The summed E-state index contributed by atoms with van der Waals surface area (Å²) < 4.78 is 57.6. The third kappa shape index (κ3) is 13.1.